The van der Waals surface area contributed by atoms with Crippen LogP contribution in [0.4, 0.5) is 0 Å². The Bertz CT molecular complexity index is 355. The summed E-state index contributed by atoms with van der Waals surface area (Å²) in [5.41, 5.74) is 0.365. The molecule has 0 bridgehead atoms. The van der Waals surface area contributed by atoms with Crippen LogP contribution in [0, 0.1) is 0 Å². The molecule has 4 nitrogen and oxygen atoms in total. The van der Waals surface area contributed by atoms with Crippen LogP contribution in [0.3, 0.4) is 0 Å². The Balaban J connectivity index is 2.49. The third-order valence-electron chi connectivity index (χ3n) is 3.24. The van der Waals surface area contributed by atoms with Gasteiger partial charge in [0.15, 0.2) is 6.29 Å². The number of methoxy groups -OCH3 is 3. The fourth-order valence-electron chi connectivity index (χ4n) is 1.93. The molecule has 0 fully saturated rings. The molecule has 1 atom stereocenters. The van der Waals surface area contributed by atoms with Crippen molar-refractivity contribution in [2.24, 2.45) is 0 Å². The lowest BCUT2D eigenvalue weighted by Crippen LogP contribution is -2.32. The molecule has 108 valence electrons. The number of benzene rings is 1. The number of aryl methyl sites for hydroxylation is 1. The fraction of sp³-hybridized carbons (Fsp3) is 0.600. The zero-order valence-electron chi connectivity index (χ0n) is 12.2. The summed E-state index contributed by atoms with van der Waals surface area (Å²) in [6.45, 7) is 1.81. The lowest BCUT2D eigenvalue weighted by atomic mass is 9.93. The lowest BCUT2D eigenvalue weighted by Gasteiger charge is -2.27. The van der Waals surface area contributed by atoms with E-state index in [-0.39, 0.29) is 6.29 Å². The number of aliphatic hydroxyl groups is 1. The molecule has 1 rings (SSSR count). The normalized spacial score (nSPS) is 14.4. The van der Waals surface area contributed by atoms with Gasteiger partial charge in [-0.15, -0.1) is 0 Å². The smallest absolute Gasteiger partial charge is 0.159 e. The molecule has 4 heteroatoms. The summed E-state index contributed by atoms with van der Waals surface area (Å²) in [5.74, 6) is 0.842. The molecule has 1 aromatic rings. The largest absolute Gasteiger partial charge is 0.497 e. The molecule has 0 radical (unpaired) electrons. The van der Waals surface area contributed by atoms with Gasteiger partial charge in [-0.3, -0.25) is 0 Å². The molecule has 0 saturated carbocycles. The van der Waals surface area contributed by atoms with Crippen molar-refractivity contribution in [2.75, 3.05) is 21.3 Å². The van der Waals surface area contributed by atoms with E-state index in [0.717, 1.165) is 12.2 Å². The van der Waals surface area contributed by atoms with Crippen molar-refractivity contribution in [3.8, 4) is 5.75 Å². The van der Waals surface area contributed by atoms with E-state index in [4.69, 9.17) is 14.2 Å². The summed E-state index contributed by atoms with van der Waals surface area (Å²) >= 11 is 0. The van der Waals surface area contributed by atoms with Crippen molar-refractivity contribution in [1.82, 2.24) is 0 Å². The fourth-order valence-corrected chi connectivity index (χ4v) is 1.93. The second-order valence-corrected chi connectivity index (χ2v) is 4.95. The predicted octanol–water partition coefficient (Wildman–Crippen LogP) is 2.39. The summed E-state index contributed by atoms with van der Waals surface area (Å²) in [6.07, 6.45) is 1.54. The van der Waals surface area contributed by atoms with Crippen LogP contribution in [0.25, 0.3) is 0 Å². The highest BCUT2D eigenvalue weighted by Crippen LogP contribution is 2.22. The molecule has 0 aromatic heterocycles. The van der Waals surface area contributed by atoms with E-state index in [1.165, 1.54) is 5.56 Å². The van der Waals surface area contributed by atoms with Crippen molar-refractivity contribution in [2.45, 2.75) is 38.1 Å². The van der Waals surface area contributed by atoms with Crippen LogP contribution >= 0.6 is 0 Å². The van der Waals surface area contributed by atoms with Crippen molar-refractivity contribution in [1.29, 1.82) is 0 Å². The maximum Gasteiger partial charge on any atom is 0.159 e. The van der Waals surface area contributed by atoms with Gasteiger partial charge in [0.25, 0.3) is 0 Å². The average molecular weight is 268 g/mol. The van der Waals surface area contributed by atoms with E-state index >= 15 is 0 Å². The maximum absolute atomic E-state index is 10.3. The van der Waals surface area contributed by atoms with Crippen molar-refractivity contribution < 1.29 is 19.3 Å². The Kier molecular flexibility index (Phi) is 6.28. The SMILES string of the molecule is COc1ccc(CCC(C)(O)CC(OC)OC)cc1. The quantitative estimate of drug-likeness (QED) is 0.735. The van der Waals surface area contributed by atoms with Gasteiger partial charge in [-0.05, 0) is 37.5 Å². The maximum atomic E-state index is 10.3. The van der Waals surface area contributed by atoms with Gasteiger partial charge in [0.05, 0.1) is 12.7 Å². The van der Waals surface area contributed by atoms with Gasteiger partial charge in [0.2, 0.25) is 0 Å². The van der Waals surface area contributed by atoms with Crippen LogP contribution in [0.2, 0.25) is 0 Å². The van der Waals surface area contributed by atoms with Crippen LogP contribution < -0.4 is 4.74 Å². The third-order valence-corrected chi connectivity index (χ3v) is 3.24. The van der Waals surface area contributed by atoms with Gasteiger partial charge in [0.1, 0.15) is 5.75 Å². The standard InChI is InChI=1S/C15H24O4/c1-15(16,11-14(18-3)19-4)10-9-12-5-7-13(17-2)8-6-12/h5-8,14,16H,9-11H2,1-4H3. The van der Waals surface area contributed by atoms with Crippen molar-refractivity contribution >= 4 is 0 Å². The summed E-state index contributed by atoms with van der Waals surface area (Å²) in [6, 6.07) is 7.88. The molecule has 0 saturated heterocycles. The predicted molar refractivity (Wildman–Crippen MR) is 74.4 cm³/mol. The number of rotatable bonds is 8. The first kappa shape index (κ1) is 16.0. The number of ether oxygens (including phenoxy) is 3. The van der Waals surface area contributed by atoms with E-state index in [1.54, 1.807) is 21.3 Å². The van der Waals surface area contributed by atoms with Crippen LogP contribution in [0.1, 0.15) is 25.3 Å². The molecule has 0 aliphatic carbocycles. The molecular weight excluding hydrogens is 244 g/mol. The minimum atomic E-state index is -0.809. The highest BCUT2D eigenvalue weighted by Gasteiger charge is 2.25. The summed E-state index contributed by atoms with van der Waals surface area (Å²) in [7, 11) is 4.80. The van der Waals surface area contributed by atoms with Crippen LogP contribution in [-0.2, 0) is 15.9 Å². The van der Waals surface area contributed by atoms with Crippen LogP contribution in [-0.4, -0.2) is 38.3 Å². The highest BCUT2D eigenvalue weighted by molar-refractivity contribution is 5.27. The zero-order valence-corrected chi connectivity index (χ0v) is 12.2. The van der Waals surface area contributed by atoms with Crippen molar-refractivity contribution in [3.05, 3.63) is 29.8 Å². The number of hydrogen-bond acceptors (Lipinski definition) is 4. The van der Waals surface area contributed by atoms with E-state index in [1.807, 2.05) is 31.2 Å². The second kappa shape index (κ2) is 7.48. The van der Waals surface area contributed by atoms with E-state index in [2.05, 4.69) is 0 Å². The first-order valence-corrected chi connectivity index (χ1v) is 6.41. The first-order valence-electron chi connectivity index (χ1n) is 6.41. The minimum Gasteiger partial charge on any atom is -0.497 e. The molecule has 1 N–H and O–H groups in total. The summed E-state index contributed by atoms with van der Waals surface area (Å²) in [4.78, 5) is 0. The molecule has 0 spiro atoms. The topological polar surface area (TPSA) is 47.9 Å². The van der Waals surface area contributed by atoms with Gasteiger partial charge in [0, 0.05) is 20.6 Å². The molecule has 0 heterocycles. The van der Waals surface area contributed by atoms with Gasteiger partial charge in [-0.25, -0.2) is 0 Å². The molecule has 0 aliphatic rings. The van der Waals surface area contributed by atoms with Crippen LogP contribution in [0.5, 0.6) is 5.75 Å². The lowest BCUT2D eigenvalue weighted by molar-refractivity contribution is -0.141. The van der Waals surface area contributed by atoms with E-state index in [9.17, 15) is 5.11 Å². The Morgan fingerprint density at radius 2 is 1.68 bits per heavy atom. The average Bonchev–Trinajstić information content (AvgIpc) is 2.43. The van der Waals surface area contributed by atoms with Gasteiger partial charge < -0.3 is 19.3 Å². The molecule has 1 aromatic carbocycles. The first-order chi connectivity index (χ1) is 9.00. The third kappa shape index (κ3) is 5.59. The monoisotopic (exact) mass is 268 g/mol. The Labute approximate surface area is 115 Å². The zero-order chi connectivity index (χ0) is 14.3. The highest BCUT2D eigenvalue weighted by atomic mass is 16.7. The molecular formula is C15H24O4. The summed E-state index contributed by atoms with van der Waals surface area (Å²) in [5, 5.41) is 10.3. The molecule has 0 amide bonds. The molecule has 1 unspecified atom stereocenters. The van der Waals surface area contributed by atoms with E-state index in [0.29, 0.717) is 12.8 Å². The van der Waals surface area contributed by atoms with Gasteiger partial charge >= 0.3 is 0 Å². The molecule has 0 aliphatic heterocycles. The second-order valence-electron chi connectivity index (χ2n) is 4.95. The Morgan fingerprint density at radius 3 is 2.16 bits per heavy atom. The van der Waals surface area contributed by atoms with Gasteiger partial charge in [-0.2, -0.15) is 0 Å². The summed E-state index contributed by atoms with van der Waals surface area (Å²) < 4.78 is 15.4. The Morgan fingerprint density at radius 1 is 1.11 bits per heavy atom. The minimum absolute atomic E-state index is 0.370. The van der Waals surface area contributed by atoms with Crippen molar-refractivity contribution in [3.63, 3.8) is 0 Å². The van der Waals surface area contributed by atoms with E-state index < -0.39 is 5.60 Å². The number of hydrogen-bond donors (Lipinski definition) is 1. The molecule has 19 heavy (non-hydrogen) atoms. The van der Waals surface area contributed by atoms with Crippen LogP contribution in [0.15, 0.2) is 24.3 Å². The van der Waals surface area contributed by atoms with Gasteiger partial charge in [-0.1, -0.05) is 12.1 Å². The Hall–Kier alpha value is -1.10.